The van der Waals surface area contributed by atoms with Crippen molar-refractivity contribution in [3.63, 3.8) is 0 Å². The average molecular weight is 511 g/mol. The Kier molecular flexibility index (Phi) is 9.07. The van der Waals surface area contributed by atoms with Crippen molar-refractivity contribution in [2.24, 2.45) is 0 Å². The van der Waals surface area contributed by atoms with Gasteiger partial charge in [-0.25, -0.2) is 9.59 Å². The Morgan fingerprint density at radius 2 is 1.32 bits per heavy atom. The van der Waals surface area contributed by atoms with Crippen LogP contribution in [-0.4, -0.2) is 37.2 Å². The van der Waals surface area contributed by atoms with E-state index in [2.05, 4.69) is 10.6 Å². The van der Waals surface area contributed by atoms with E-state index in [9.17, 15) is 14.4 Å². The smallest absolute Gasteiger partial charge is 0.408 e. The van der Waals surface area contributed by atoms with Gasteiger partial charge in [0, 0.05) is 12.8 Å². The van der Waals surface area contributed by atoms with Gasteiger partial charge in [-0.05, 0) is 27.5 Å². The van der Waals surface area contributed by atoms with Crippen LogP contribution >= 0.6 is 0 Å². The zero-order valence-corrected chi connectivity index (χ0v) is 21.1. The molecule has 4 rings (SSSR count). The first-order chi connectivity index (χ1) is 18.5. The third-order valence-electron chi connectivity index (χ3n) is 6.21. The second-order valence-electron chi connectivity index (χ2n) is 8.88. The quantitative estimate of drug-likeness (QED) is 0.305. The number of rotatable bonds is 10. The summed E-state index contributed by atoms with van der Waals surface area (Å²) >= 11 is 0. The summed E-state index contributed by atoms with van der Waals surface area (Å²) in [4.78, 5) is 38.8. The van der Waals surface area contributed by atoms with E-state index in [1.807, 2.05) is 103 Å². The summed E-state index contributed by atoms with van der Waals surface area (Å²) in [6.07, 6.45) is -0.278. The molecule has 0 radical (unpaired) electrons. The third-order valence-corrected chi connectivity index (χ3v) is 6.21. The molecular formula is C31H30N2O5. The minimum absolute atomic E-state index is 0.0677. The van der Waals surface area contributed by atoms with Crippen LogP contribution in [0.5, 0.6) is 0 Å². The van der Waals surface area contributed by atoms with Crippen molar-refractivity contribution in [2.45, 2.75) is 31.5 Å². The molecule has 0 fully saturated rings. The molecule has 4 aromatic carbocycles. The number of ether oxygens (including phenoxy) is 2. The minimum atomic E-state index is -0.972. The highest BCUT2D eigenvalue weighted by Crippen LogP contribution is 2.20. The Labute approximate surface area is 221 Å². The maximum absolute atomic E-state index is 13.5. The van der Waals surface area contributed by atoms with Gasteiger partial charge in [-0.15, -0.1) is 0 Å². The average Bonchev–Trinajstić information content (AvgIpc) is 2.96. The Hall–Kier alpha value is -4.65. The number of methoxy groups -OCH3 is 1. The molecular weight excluding hydrogens is 480 g/mol. The molecule has 0 unspecified atom stereocenters. The van der Waals surface area contributed by atoms with Gasteiger partial charge in [-0.2, -0.15) is 0 Å². The molecule has 2 N–H and O–H groups in total. The normalized spacial score (nSPS) is 12.2. The van der Waals surface area contributed by atoms with Crippen LogP contribution in [0.1, 0.15) is 16.7 Å². The molecule has 0 heterocycles. The van der Waals surface area contributed by atoms with Gasteiger partial charge in [0.25, 0.3) is 0 Å². The summed E-state index contributed by atoms with van der Waals surface area (Å²) in [6, 6.07) is 30.3. The zero-order chi connectivity index (χ0) is 26.7. The lowest BCUT2D eigenvalue weighted by atomic mass is 9.98. The van der Waals surface area contributed by atoms with E-state index in [0.29, 0.717) is 0 Å². The van der Waals surface area contributed by atoms with Crippen molar-refractivity contribution in [1.82, 2.24) is 10.6 Å². The molecule has 2 amide bonds. The largest absolute Gasteiger partial charge is 0.467 e. The molecule has 0 bridgehead atoms. The molecule has 4 aromatic rings. The lowest BCUT2D eigenvalue weighted by Gasteiger charge is -2.23. The van der Waals surface area contributed by atoms with Crippen LogP contribution in [0.2, 0.25) is 0 Å². The van der Waals surface area contributed by atoms with Crippen LogP contribution in [0.3, 0.4) is 0 Å². The minimum Gasteiger partial charge on any atom is -0.467 e. The molecule has 0 aromatic heterocycles. The predicted octanol–water partition coefficient (Wildman–Crippen LogP) is 4.58. The van der Waals surface area contributed by atoms with Gasteiger partial charge >= 0.3 is 12.1 Å². The molecule has 0 aliphatic rings. The van der Waals surface area contributed by atoms with Crippen LogP contribution in [0.4, 0.5) is 4.79 Å². The fourth-order valence-corrected chi connectivity index (χ4v) is 4.26. The summed E-state index contributed by atoms with van der Waals surface area (Å²) in [5.41, 5.74) is 2.57. The maximum Gasteiger partial charge on any atom is 0.408 e. The highest BCUT2D eigenvalue weighted by molar-refractivity contribution is 5.91. The number of amides is 2. The number of esters is 1. The molecule has 38 heavy (non-hydrogen) atoms. The zero-order valence-electron chi connectivity index (χ0n) is 21.1. The lowest BCUT2D eigenvalue weighted by Crippen LogP contribution is -2.53. The summed E-state index contributed by atoms with van der Waals surface area (Å²) < 4.78 is 10.3. The molecule has 0 spiro atoms. The van der Waals surface area contributed by atoms with Crippen molar-refractivity contribution in [3.05, 3.63) is 120 Å². The first-order valence-corrected chi connectivity index (χ1v) is 12.4. The summed E-state index contributed by atoms with van der Waals surface area (Å²) in [5.74, 6) is -1.09. The first kappa shape index (κ1) is 26.4. The maximum atomic E-state index is 13.5. The molecule has 7 heteroatoms. The SMILES string of the molecule is COC(=O)[C@@H](Cc1cccc2ccccc12)NC(=O)[C@@H](Cc1ccccc1)NC(=O)OCc1ccccc1. The Bertz CT molecular complexity index is 1370. The van der Waals surface area contributed by atoms with Crippen molar-refractivity contribution in [1.29, 1.82) is 0 Å². The van der Waals surface area contributed by atoms with Gasteiger partial charge in [0.2, 0.25) is 5.91 Å². The Balaban J connectivity index is 1.50. The standard InChI is InChI=1S/C31H30N2O5/c1-37-30(35)28(20-25-17-10-16-24-15-8-9-18-26(24)25)32-29(34)27(19-22-11-4-2-5-12-22)33-31(36)38-21-23-13-6-3-7-14-23/h2-18,27-28H,19-21H2,1H3,(H,32,34)(H,33,36)/t27-,28-/m1/s1. The fourth-order valence-electron chi connectivity index (χ4n) is 4.26. The number of benzene rings is 4. The summed E-state index contributed by atoms with van der Waals surface area (Å²) in [6.45, 7) is 0.0677. The Morgan fingerprint density at radius 3 is 2.03 bits per heavy atom. The van der Waals surface area contributed by atoms with Crippen LogP contribution in [0.25, 0.3) is 10.8 Å². The number of nitrogens with one attached hydrogen (secondary N) is 2. The van der Waals surface area contributed by atoms with E-state index in [4.69, 9.17) is 9.47 Å². The third kappa shape index (κ3) is 7.20. The van der Waals surface area contributed by atoms with E-state index in [1.165, 1.54) is 7.11 Å². The molecule has 0 aliphatic carbocycles. The van der Waals surface area contributed by atoms with Crippen LogP contribution < -0.4 is 10.6 Å². The molecule has 0 aliphatic heterocycles. The van der Waals surface area contributed by atoms with Crippen LogP contribution in [-0.2, 0) is 38.5 Å². The number of carbonyl (C=O) groups excluding carboxylic acids is 3. The van der Waals surface area contributed by atoms with Crippen LogP contribution in [0.15, 0.2) is 103 Å². The van der Waals surface area contributed by atoms with Crippen molar-refractivity contribution in [3.8, 4) is 0 Å². The first-order valence-electron chi connectivity index (χ1n) is 12.4. The van der Waals surface area contributed by atoms with E-state index >= 15 is 0 Å². The molecule has 0 saturated heterocycles. The van der Waals surface area contributed by atoms with Gasteiger partial charge in [0.1, 0.15) is 18.7 Å². The number of hydrogen-bond donors (Lipinski definition) is 2. The monoisotopic (exact) mass is 510 g/mol. The second-order valence-corrected chi connectivity index (χ2v) is 8.88. The van der Waals surface area contributed by atoms with E-state index in [1.54, 1.807) is 0 Å². The topological polar surface area (TPSA) is 93.7 Å². The van der Waals surface area contributed by atoms with Crippen molar-refractivity contribution >= 4 is 28.7 Å². The molecule has 7 nitrogen and oxygen atoms in total. The number of alkyl carbamates (subject to hydrolysis) is 1. The van der Waals surface area contributed by atoms with Crippen LogP contribution in [0, 0.1) is 0 Å². The van der Waals surface area contributed by atoms with Gasteiger partial charge in [0.15, 0.2) is 0 Å². The van der Waals surface area contributed by atoms with Crippen molar-refractivity contribution < 1.29 is 23.9 Å². The Morgan fingerprint density at radius 1 is 0.684 bits per heavy atom. The van der Waals surface area contributed by atoms with Gasteiger partial charge in [0.05, 0.1) is 7.11 Å². The molecule has 0 saturated carbocycles. The van der Waals surface area contributed by atoms with E-state index in [0.717, 1.165) is 27.5 Å². The van der Waals surface area contributed by atoms with E-state index in [-0.39, 0.29) is 19.4 Å². The molecule has 2 atom stereocenters. The van der Waals surface area contributed by atoms with Gasteiger partial charge < -0.3 is 20.1 Å². The molecule has 194 valence electrons. The summed E-state index contributed by atoms with van der Waals surface area (Å²) in [5, 5.41) is 7.48. The second kappa shape index (κ2) is 13.1. The highest BCUT2D eigenvalue weighted by Gasteiger charge is 2.28. The van der Waals surface area contributed by atoms with Gasteiger partial charge in [-0.3, -0.25) is 4.79 Å². The fraction of sp³-hybridized carbons (Fsp3) is 0.194. The van der Waals surface area contributed by atoms with Gasteiger partial charge in [-0.1, -0.05) is 103 Å². The highest BCUT2D eigenvalue weighted by atomic mass is 16.5. The summed E-state index contributed by atoms with van der Waals surface area (Å²) in [7, 11) is 1.28. The predicted molar refractivity (Wildman–Crippen MR) is 145 cm³/mol. The van der Waals surface area contributed by atoms with E-state index < -0.39 is 30.1 Å². The lowest BCUT2D eigenvalue weighted by molar-refractivity contribution is -0.145. The number of hydrogen-bond acceptors (Lipinski definition) is 5. The number of carbonyl (C=O) groups is 3. The van der Waals surface area contributed by atoms with Crippen molar-refractivity contribution in [2.75, 3.05) is 7.11 Å². The number of fused-ring (bicyclic) bond motifs is 1.